The smallest absolute Gasteiger partial charge is 0.106 e. The van der Waals surface area contributed by atoms with Gasteiger partial charge in [0.25, 0.3) is 0 Å². The largest absolute Gasteiger partial charge is 0.378 e. The minimum atomic E-state index is -0.419. The molecule has 0 aromatic carbocycles. The van der Waals surface area contributed by atoms with E-state index >= 15 is 0 Å². The molecule has 1 aliphatic rings. The molecule has 0 aliphatic heterocycles. The molecule has 1 saturated carbocycles. The van der Waals surface area contributed by atoms with Crippen molar-refractivity contribution < 1.29 is 4.74 Å². The average Bonchev–Trinajstić information content (AvgIpc) is 3.01. The lowest BCUT2D eigenvalue weighted by Gasteiger charge is -2.25. The Morgan fingerprint density at radius 2 is 2.06 bits per heavy atom. The van der Waals surface area contributed by atoms with Gasteiger partial charge in [0.1, 0.15) is 5.54 Å². The molecule has 0 amide bonds. The summed E-state index contributed by atoms with van der Waals surface area (Å²) < 4.78 is 5.71. The van der Waals surface area contributed by atoms with Crippen molar-refractivity contribution in [1.29, 1.82) is 5.26 Å². The summed E-state index contributed by atoms with van der Waals surface area (Å²) in [6.07, 6.45) is 3.45. The van der Waals surface area contributed by atoms with Crippen LogP contribution in [0, 0.1) is 17.2 Å². The van der Waals surface area contributed by atoms with Crippen LogP contribution in [0.1, 0.15) is 47.0 Å². The molecule has 92 valence electrons. The molecule has 16 heavy (non-hydrogen) atoms. The Morgan fingerprint density at radius 1 is 1.44 bits per heavy atom. The van der Waals surface area contributed by atoms with Crippen molar-refractivity contribution in [2.75, 3.05) is 6.61 Å². The van der Waals surface area contributed by atoms with Crippen molar-refractivity contribution in [2.24, 2.45) is 5.92 Å². The summed E-state index contributed by atoms with van der Waals surface area (Å²) in [4.78, 5) is 0. The van der Waals surface area contributed by atoms with Gasteiger partial charge in [-0.05, 0) is 32.6 Å². The van der Waals surface area contributed by atoms with Gasteiger partial charge < -0.3 is 4.74 Å². The molecule has 1 rings (SSSR count). The van der Waals surface area contributed by atoms with E-state index in [-0.39, 0.29) is 6.10 Å². The Morgan fingerprint density at radius 3 is 2.50 bits per heavy atom. The Balaban J connectivity index is 2.25. The van der Waals surface area contributed by atoms with Gasteiger partial charge in [-0.15, -0.1) is 0 Å². The van der Waals surface area contributed by atoms with E-state index < -0.39 is 5.54 Å². The number of nitrogens with one attached hydrogen (secondary N) is 1. The van der Waals surface area contributed by atoms with Gasteiger partial charge in [0.05, 0.1) is 12.2 Å². The third kappa shape index (κ3) is 4.51. The average molecular weight is 224 g/mol. The summed E-state index contributed by atoms with van der Waals surface area (Å²) in [6.45, 7) is 9.01. The SMILES string of the molecule is CC(C)C(C)OCCC(C)(C#N)NC1CC1. The minimum absolute atomic E-state index is 0.267. The second kappa shape index (κ2) is 5.65. The van der Waals surface area contributed by atoms with E-state index in [1.807, 2.05) is 6.92 Å². The summed E-state index contributed by atoms with van der Waals surface area (Å²) in [6, 6.07) is 2.92. The molecule has 3 heteroatoms. The fraction of sp³-hybridized carbons (Fsp3) is 0.923. The highest BCUT2D eigenvalue weighted by molar-refractivity contribution is 5.07. The van der Waals surface area contributed by atoms with Gasteiger partial charge >= 0.3 is 0 Å². The standard InChI is InChI=1S/C13H24N2O/c1-10(2)11(3)16-8-7-13(4,9-14)15-12-5-6-12/h10-12,15H,5-8H2,1-4H3. The lowest BCUT2D eigenvalue weighted by atomic mass is 10.00. The molecule has 2 unspecified atom stereocenters. The van der Waals surface area contributed by atoms with Crippen LogP contribution in [0.2, 0.25) is 0 Å². The van der Waals surface area contributed by atoms with Gasteiger partial charge in [0.15, 0.2) is 0 Å². The fourth-order valence-electron chi connectivity index (χ4n) is 1.48. The zero-order valence-electron chi connectivity index (χ0n) is 10.9. The highest BCUT2D eigenvalue weighted by Gasteiger charge is 2.32. The molecule has 0 aromatic rings. The molecule has 0 spiro atoms. The van der Waals surface area contributed by atoms with E-state index in [4.69, 9.17) is 10.00 Å². The molecular weight excluding hydrogens is 200 g/mol. The van der Waals surface area contributed by atoms with Gasteiger partial charge in [-0.25, -0.2) is 0 Å². The summed E-state index contributed by atoms with van der Waals surface area (Å²) in [5.74, 6) is 0.532. The lowest BCUT2D eigenvalue weighted by Crippen LogP contribution is -2.43. The first-order chi connectivity index (χ1) is 7.47. The van der Waals surface area contributed by atoms with Crippen LogP contribution in [0.4, 0.5) is 0 Å². The van der Waals surface area contributed by atoms with Gasteiger partial charge in [0, 0.05) is 19.1 Å². The first-order valence-electron chi connectivity index (χ1n) is 6.27. The molecule has 2 atom stereocenters. The summed E-state index contributed by atoms with van der Waals surface area (Å²) in [7, 11) is 0. The Kier molecular flexibility index (Phi) is 4.76. The first kappa shape index (κ1) is 13.5. The van der Waals surface area contributed by atoms with Gasteiger partial charge in [-0.3, -0.25) is 5.32 Å². The molecule has 0 aromatic heterocycles. The Labute approximate surface area is 99.2 Å². The van der Waals surface area contributed by atoms with E-state index in [9.17, 15) is 0 Å². The van der Waals surface area contributed by atoms with Crippen LogP contribution in [-0.2, 0) is 4.74 Å². The highest BCUT2D eigenvalue weighted by Crippen LogP contribution is 2.23. The van der Waals surface area contributed by atoms with E-state index in [0.717, 1.165) is 6.42 Å². The highest BCUT2D eigenvalue weighted by atomic mass is 16.5. The minimum Gasteiger partial charge on any atom is -0.378 e. The van der Waals surface area contributed by atoms with Gasteiger partial charge in [-0.1, -0.05) is 13.8 Å². The second-order valence-electron chi connectivity index (χ2n) is 5.43. The topological polar surface area (TPSA) is 45.0 Å². The van der Waals surface area contributed by atoms with Crippen LogP contribution in [0.3, 0.4) is 0 Å². The number of hydrogen-bond acceptors (Lipinski definition) is 3. The quantitative estimate of drug-likeness (QED) is 0.722. The number of nitrogens with zero attached hydrogens (tertiary/aromatic N) is 1. The van der Waals surface area contributed by atoms with Gasteiger partial charge in [-0.2, -0.15) is 5.26 Å². The normalized spacial score (nSPS) is 21.5. The molecule has 3 nitrogen and oxygen atoms in total. The summed E-state index contributed by atoms with van der Waals surface area (Å²) in [5.41, 5.74) is -0.419. The van der Waals surface area contributed by atoms with Crippen molar-refractivity contribution in [3.05, 3.63) is 0 Å². The van der Waals surface area contributed by atoms with Crippen molar-refractivity contribution in [3.8, 4) is 6.07 Å². The van der Waals surface area contributed by atoms with Crippen molar-refractivity contribution in [3.63, 3.8) is 0 Å². The fourth-order valence-corrected chi connectivity index (χ4v) is 1.48. The maximum atomic E-state index is 9.17. The predicted octanol–water partition coefficient (Wildman–Crippen LogP) is 2.47. The maximum absolute atomic E-state index is 9.17. The van der Waals surface area contributed by atoms with E-state index in [2.05, 4.69) is 32.2 Å². The van der Waals surface area contributed by atoms with Crippen LogP contribution in [0.15, 0.2) is 0 Å². The Hall–Kier alpha value is -0.590. The van der Waals surface area contributed by atoms with E-state index in [0.29, 0.717) is 18.6 Å². The van der Waals surface area contributed by atoms with Crippen molar-refractivity contribution in [1.82, 2.24) is 5.32 Å². The van der Waals surface area contributed by atoms with Crippen LogP contribution < -0.4 is 5.32 Å². The second-order valence-corrected chi connectivity index (χ2v) is 5.43. The van der Waals surface area contributed by atoms with Crippen LogP contribution >= 0.6 is 0 Å². The zero-order valence-corrected chi connectivity index (χ0v) is 10.9. The predicted molar refractivity (Wildman–Crippen MR) is 65.0 cm³/mol. The van der Waals surface area contributed by atoms with Crippen molar-refractivity contribution >= 4 is 0 Å². The zero-order chi connectivity index (χ0) is 12.2. The number of nitriles is 1. The monoisotopic (exact) mass is 224 g/mol. The molecule has 1 N–H and O–H groups in total. The molecule has 0 radical (unpaired) electrons. The number of rotatable bonds is 7. The van der Waals surface area contributed by atoms with Gasteiger partial charge in [0.2, 0.25) is 0 Å². The van der Waals surface area contributed by atoms with Crippen LogP contribution in [0.5, 0.6) is 0 Å². The lowest BCUT2D eigenvalue weighted by molar-refractivity contribution is 0.0272. The van der Waals surface area contributed by atoms with Crippen LogP contribution in [-0.4, -0.2) is 24.3 Å². The van der Waals surface area contributed by atoms with Crippen LogP contribution in [0.25, 0.3) is 0 Å². The van der Waals surface area contributed by atoms with E-state index in [1.165, 1.54) is 12.8 Å². The molecule has 0 saturated heterocycles. The third-order valence-electron chi connectivity index (χ3n) is 3.27. The molecule has 0 heterocycles. The first-order valence-corrected chi connectivity index (χ1v) is 6.27. The third-order valence-corrected chi connectivity index (χ3v) is 3.27. The molecular formula is C13H24N2O. The number of hydrogen-bond donors (Lipinski definition) is 1. The summed E-state index contributed by atoms with van der Waals surface area (Å²) in [5, 5.41) is 12.5. The van der Waals surface area contributed by atoms with E-state index in [1.54, 1.807) is 0 Å². The number of ether oxygens (including phenoxy) is 1. The Bertz CT molecular complexity index is 255. The van der Waals surface area contributed by atoms with Crippen molar-refractivity contribution in [2.45, 2.75) is 64.6 Å². The maximum Gasteiger partial charge on any atom is 0.106 e. The molecule has 0 bridgehead atoms. The summed E-state index contributed by atoms with van der Waals surface area (Å²) >= 11 is 0. The molecule has 1 fully saturated rings. The molecule has 1 aliphatic carbocycles.